The molecule has 1 saturated carbocycles. The fraction of sp³-hybridized carbons (Fsp3) is 0.529. The molecule has 1 aliphatic heterocycles. The van der Waals surface area contributed by atoms with E-state index >= 15 is 0 Å². The third-order valence-electron chi connectivity index (χ3n) is 4.81. The fourth-order valence-electron chi connectivity index (χ4n) is 3.43. The first-order valence-electron chi connectivity index (χ1n) is 7.92. The Morgan fingerprint density at radius 3 is 2.59 bits per heavy atom. The maximum Gasteiger partial charge on any atom is 0.0457 e. The molecule has 2 N–H and O–H groups in total. The molecule has 2 fully saturated rings. The summed E-state index contributed by atoms with van der Waals surface area (Å²) in [7, 11) is 0. The Morgan fingerprint density at radius 1 is 1.09 bits per heavy atom. The number of aromatic nitrogens is 1. The Bertz CT molecular complexity index is 588. The number of H-pyrrole nitrogens is 1. The number of nitrogens with one attached hydrogen (secondary N) is 2. The van der Waals surface area contributed by atoms with E-state index in [1.807, 2.05) is 6.20 Å². The lowest BCUT2D eigenvalue weighted by Gasteiger charge is -2.35. The highest BCUT2D eigenvalue weighted by Gasteiger charge is 2.30. The largest absolute Gasteiger partial charge is 0.361 e. The summed E-state index contributed by atoms with van der Waals surface area (Å²) in [6.45, 7) is 4.62. The van der Waals surface area contributed by atoms with Crippen LogP contribution in [0.3, 0.4) is 0 Å². The zero-order valence-electron chi connectivity index (χ0n) is 12.8. The summed E-state index contributed by atoms with van der Waals surface area (Å²) in [5, 5.41) is 4.79. The number of rotatable bonds is 4. The van der Waals surface area contributed by atoms with Crippen molar-refractivity contribution in [3.8, 4) is 0 Å². The molecule has 1 aromatic carbocycles. The molecular formula is C17H25Cl2N3. The van der Waals surface area contributed by atoms with E-state index in [1.54, 1.807) is 0 Å². The molecule has 1 atom stereocenters. The molecule has 0 spiro atoms. The van der Waals surface area contributed by atoms with Gasteiger partial charge in [-0.2, -0.15) is 0 Å². The molecule has 0 radical (unpaired) electrons. The second-order valence-corrected chi connectivity index (χ2v) is 6.31. The molecule has 22 heavy (non-hydrogen) atoms. The smallest absolute Gasteiger partial charge is 0.0457 e. The molecule has 0 unspecified atom stereocenters. The Labute approximate surface area is 144 Å². The van der Waals surface area contributed by atoms with Crippen LogP contribution in [-0.4, -0.2) is 36.1 Å². The highest BCUT2D eigenvalue weighted by atomic mass is 35.5. The topological polar surface area (TPSA) is 31.1 Å². The van der Waals surface area contributed by atoms with Crippen LogP contribution in [0, 0.1) is 5.92 Å². The zero-order valence-corrected chi connectivity index (χ0v) is 14.4. The van der Waals surface area contributed by atoms with E-state index in [9.17, 15) is 0 Å². The molecule has 0 bridgehead atoms. The normalized spacial score (nSPS) is 20.2. The molecule has 3 nitrogen and oxygen atoms in total. The van der Waals surface area contributed by atoms with Crippen LogP contribution in [0.4, 0.5) is 0 Å². The minimum atomic E-state index is 0. The first-order valence-corrected chi connectivity index (χ1v) is 7.92. The summed E-state index contributed by atoms with van der Waals surface area (Å²) in [6.07, 6.45) is 6.25. The molecular weight excluding hydrogens is 317 g/mol. The van der Waals surface area contributed by atoms with Gasteiger partial charge in [0.1, 0.15) is 0 Å². The quantitative estimate of drug-likeness (QED) is 0.886. The van der Waals surface area contributed by atoms with E-state index in [2.05, 4.69) is 39.5 Å². The molecule has 1 aromatic heterocycles. The first kappa shape index (κ1) is 17.6. The van der Waals surface area contributed by atoms with Gasteiger partial charge >= 0.3 is 0 Å². The van der Waals surface area contributed by atoms with Crippen molar-refractivity contribution in [2.75, 3.05) is 26.2 Å². The molecule has 5 heteroatoms. The van der Waals surface area contributed by atoms with Gasteiger partial charge in [0, 0.05) is 43.9 Å². The van der Waals surface area contributed by atoms with Crippen molar-refractivity contribution in [2.45, 2.75) is 25.3 Å². The second kappa shape index (κ2) is 7.69. The van der Waals surface area contributed by atoms with E-state index in [-0.39, 0.29) is 24.8 Å². The molecule has 0 amide bonds. The van der Waals surface area contributed by atoms with E-state index in [4.69, 9.17) is 0 Å². The molecule has 4 rings (SSSR count). The van der Waals surface area contributed by atoms with E-state index < -0.39 is 0 Å². The van der Waals surface area contributed by atoms with E-state index in [1.165, 1.54) is 48.8 Å². The van der Waals surface area contributed by atoms with E-state index in [0.29, 0.717) is 6.04 Å². The number of fused-ring (bicyclic) bond motifs is 1. The lowest BCUT2D eigenvalue weighted by atomic mass is 9.98. The standard InChI is InChI=1S/C17H23N3.2ClH/c1-2-13(1)11-17(20-9-7-18-8-10-20)15-4-3-14-5-6-19-16(14)12-15;;/h3-6,12-13,17-19H,1-2,7-11H2;2*1H/t17-;;/m0../s1. The molecule has 1 aliphatic carbocycles. The molecule has 122 valence electrons. The SMILES string of the molecule is Cl.Cl.c1cc2ccc([C@H](CC3CC3)N3CCNCC3)cc2[nH]1. The van der Waals surface area contributed by atoms with Gasteiger partial charge in [0.25, 0.3) is 0 Å². The zero-order chi connectivity index (χ0) is 13.4. The van der Waals surface area contributed by atoms with Gasteiger partial charge in [-0.3, -0.25) is 4.90 Å². The predicted molar refractivity (Wildman–Crippen MR) is 97.3 cm³/mol. The summed E-state index contributed by atoms with van der Waals surface area (Å²) in [4.78, 5) is 6.04. The van der Waals surface area contributed by atoms with Gasteiger partial charge in [-0.25, -0.2) is 0 Å². The molecule has 1 saturated heterocycles. The Hall–Kier alpha value is -0.740. The minimum absolute atomic E-state index is 0. The van der Waals surface area contributed by atoms with Crippen LogP contribution in [-0.2, 0) is 0 Å². The van der Waals surface area contributed by atoms with E-state index in [0.717, 1.165) is 19.0 Å². The number of piperazine rings is 1. The van der Waals surface area contributed by atoms with Crippen LogP contribution in [0.5, 0.6) is 0 Å². The van der Waals surface area contributed by atoms with Crippen molar-refractivity contribution in [1.29, 1.82) is 0 Å². The van der Waals surface area contributed by atoms with Gasteiger partial charge in [0.15, 0.2) is 0 Å². The Kier molecular flexibility index (Phi) is 6.16. The lowest BCUT2D eigenvalue weighted by molar-refractivity contribution is 0.160. The van der Waals surface area contributed by atoms with Gasteiger partial charge in [-0.15, -0.1) is 24.8 Å². The summed E-state index contributed by atoms with van der Waals surface area (Å²) >= 11 is 0. The summed E-state index contributed by atoms with van der Waals surface area (Å²) in [5.74, 6) is 0.967. The lowest BCUT2D eigenvalue weighted by Crippen LogP contribution is -2.45. The van der Waals surface area contributed by atoms with Crippen LogP contribution in [0.1, 0.15) is 30.9 Å². The van der Waals surface area contributed by atoms with Crippen molar-refractivity contribution in [2.24, 2.45) is 5.92 Å². The van der Waals surface area contributed by atoms with Crippen LogP contribution in [0.2, 0.25) is 0 Å². The molecule has 2 aromatic rings. The third-order valence-corrected chi connectivity index (χ3v) is 4.81. The van der Waals surface area contributed by atoms with Crippen LogP contribution in [0.15, 0.2) is 30.5 Å². The van der Waals surface area contributed by atoms with Gasteiger partial charge in [0.2, 0.25) is 0 Å². The maximum absolute atomic E-state index is 3.47. The monoisotopic (exact) mass is 341 g/mol. The number of hydrogen-bond acceptors (Lipinski definition) is 2. The Balaban J connectivity index is 0.000000882. The van der Waals surface area contributed by atoms with Crippen molar-refractivity contribution < 1.29 is 0 Å². The molecule has 2 heterocycles. The van der Waals surface area contributed by atoms with Crippen LogP contribution in [0.25, 0.3) is 10.9 Å². The van der Waals surface area contributed by atoms with Gasteiger partial charge in [-0.1, -0.05) is 25.0 Å². The maximum atomic E-state index is 3.47. The van der Waals surface area contributed by atoms with Crippen molar-refractivity contribution in [1.82, 2.24) is 15.2 Å². The first-order chi connectivity index (χ1) is 9.90. The number of benzene rings is 1. The van der Waals surface area contributed by atoms with Crippen LogP contribution < -0.4 is 5.32 Å². The highest BCUT2D eigenvalue weighted by Crippen LogP contribution is 2.40. The predicted octanol–water partition coefficient (Wildman–Crippen LogP) is 3.76. The summed E-state index contributed by atoms with van der Waals surface area (Å²) < 4.78 is 0. The Morgan fingerprint density at radius 2 is 1.86 bits per heavy atom. The van der Waals surface area contributed by atoms with Gasteiger partial charge < -0.3 is 10.3 Å². The fourth-order valence-corrected chi connectivity index (χ4v) is 3.43. The third kappa shape index (κ3) is 3.77. The average Bonchev–Trinajstić information content (AvgIpc) is 3.20. The minimum Gasteiger partial charge on any atom is -0.361 e. The van der Waals surface area contributed by atoms with Crippen LogP contribution >= 0.6 is 24.8 Å². The van der Waals surface area contributed by atoms with Crippen molar-refractivity contribution in [3.63, 3.8) is 0 Å². The summed E-state index contributed by atoms with van der Waals surface area (Å²) in [5.41, 5.74) is 2.77. The molecule has 2 aliphatic rings. The second-order valence-electron chi connectivity index (χ2n) is 6.31. The highest BCUT2D eigenvalue weighted by molar-refractivity contribution is 5.85. The average molecular weight is 342 g/mol. The van der Waals surface area contributed by atoms with Crippen molar-refractivity contribution >= 4 is 35.7 Å². The number of halogens is 2. The van der Waals surface area contributed by atoms with Gasteiger partial charge in [-0.05, 0) is 35.4 Å². The summed E-state index contributed by atoms with van der Waals surface area (Å²) in [6, 6.07) is 9.73. The number of aromatic amines is 1. The number of hydrogen-bond donors (Lipinski definition) is 2. The number of nitrogens with zero attached hydrogens (tertiary/aromatic N) is 1. The van der Waals surface area contributed by atoms with Crippen molar-refractivity contribution in [3.05, 3.63) is 36.0 Å². The van der Waals surface area contributed by atoms with Gasteiger partial charge in [0.05, 0.1) is 0 Å².